The van der Waals surface area contributed by atoms with Gasteiger partial charge in [0.1, 0.15) is 11.6 Å². The molecule has 2 rings (SSSR count). The number of fused-ring (bicyclic) bond motifs is 1. The molecular formula is C11H14FNO. The number of nitrogens with two attached hydrogens (primary N) is 1. The quantitative estimate of drug-likeness (QED) is 0.785. The van der Waals surface area contributed by atoms with Crippen molar-refractivity contribution in [3.8, 4) is 5.75 Å². The van der Waals surface area contributed by atoms with Crippen LogP contribution in [0.3, 0.4) is 0 Å². The molecule has 14 heavy (non-hydrogen) atoms. The van der Waals surface area contributed by atoms with Crippen LogP contribution in [0.25, 0.3) is 0 Å². The van der Waals surface area contributed by atoms with E-state index in [0.29, 0.717) is 12.2 Å². The summed E-state index contributed by atoms with van der Waals surface area (Å²) in [5.41, 5.74) is 7.42. The van der Waals surface area contributed by atoms with Crippen LogP contribution in [0.4, 0.5) is 4.39 Å². The Balaban J connectivity index is 2.47. The highest BCUT2D eigenvalue weighted by atomic mass is 19.1. The number of hydrogen-bond donors (Lipinski definition) is 1. The first-order valence-corrected chi connectivity index (χ1v) is 4.93. The van der Waals surface area contributed by atoms with Crippen LogP contribution in [0.1, 0.15) is 30.5 Å². The molecule has 0 saturated carbocycles. The third-order valence-corrected chi connectivity index (χ3v) is 2.64. The second kappa shape index (κ2) is 3.58. The van der Waals surface area contributed by atoms with Gasteiger partial charge in [0.2, 0.25) is 0 Å². The molecule has 76 valence electrons. The van der Waals surface area contributed by atoms with Crippen LogP contribution in [-0.2, 0) is 6.42 Å². The van der Waals surface area contributed by atoms with Gasteiger partial charge in [-0.2, -0.15) is 0 Å². The molecule has 3 heteroatoms. The van der Waals surface area contributed by atoms with E-state index in [9.17, 15) is 4.39 Å². The van der Waals surface area contributed by atoms with Crippen molar-refractivity contribution in [2.24, 2.45) is 5.73 Å². The van der Waals surface area contributed by atoms with Gasteiger partial charge < -0.3 is 10.5 Å². The summed E-state index contributed by atoms with van der Waals surface area (Å²) >= 11 is 0. The lowest BCUT2D eigenvalue weighted by molar-refractivity contribution is 0.336. The van der Waals surface area contributed by atoms with Crippen molar-refractivity contribution >= 4 is 0 Å². The molecule has 0 aliphatic heterocycles. The molecule has 2 N–H and O–H groups in total. The summed E-state index contributed by atoms with van der Waals surface area (Å²) in [6.07, 6.45) is 1.64. The van der Waals surface area contributed by atoms with E-state index < -0.39 is 0 Å². The molecule has 1 aliphatic rings. The summed E-state index contributed by atoms with van der Waals surface area (Å²) in [5.74, 6) is 0.588. The van der Waals surface area contributed by atoms with Gasteiger partial charge in [-0.3, -0.25) is 0 Å². The average molecular weight is 195 g/mol. The molecule has 1 aromatic carbocycles. The van der Waals surface area contributed by atoms with E-state index in [4.69, 9.17) is 10.5 Å². The fourth-order valence-corrected chi connectivity index (χ4v) is 2.01. The second-order valence-electron chi connectivity index (χ2n) is 3.52. The fraction of sp³-hybridized carbons (Fsp3) is 0.455. The Hall–Kier alpha value is -1.09. The van der Waals surface area contributed by atoms with Crippen molar-refractivity contribution in [2.45, 2.75) is 25.8 Å². The van der Waals surface area contributed by atoms with E-state index in [1.165, 1.54) is 6.07 Å². The van der Waals surface area contributed by atoms with Crippen LogP contribution < -0.4 is 10.5 Å². The van der Waals surface area contributed by atoms with Gasteiger partial charge in [0.25, 0.3) is 0 Å². The van der Waals surface area contributed by atoms with Gasteiger partial charge in [-0.05, 0) is 31.9 Å². The molecule has 0 spiro atoms. The molecule has 2 nitrogen and oxygen atoms in total. The standard InChI is InChI=1S/C11H14FNO/c1-2-14-10-6-4-8(12)11-7(10)3-5-9(11)13/h4,6,9H,2-3,5,13H2,1H3/t9-/m0/s1. The normalized spacial score (nSPS) is 19.5. The lowest BCUT2D eigenvalue weighted by Crippen LogP contribution is -2.08. The summed E-state index contributed by atoms with van der Waals surface area (Å²) in [7, 11) is 0. The molecule has 0 saturated heterocycles. The predicted octanol–water partition coefficient (Wildman–Crippen LogP) is 2.17. The molecule has 0 aromatic heterocycles. The van der Waals surface area contributed by atoms with Crippen molar-refractivity contribution in [3.05, 3.63) is 29.1 Å². The summed E-state index contributed by atoms with van der Waals surface area (Å²) in [5, 5.41) is 0. The van der Waals surface area contributed by atoms with Gasteiger partial charge in [0.05, 0.1) is 6.61 Å². The Bertz CT molecular complexity index is 351. The van der Waals surface area contributed by atoms with Crippen molar-refractivity contribution in [1.82, 2.24) is 0 Å². The third kappa shape index (κ3) is 1.38. The molecule has 0 fully saturated rings. The Morgan fingerprint density at radius 1 is 1.57 bits per heavy atom. The molecule has 0 amide bonds. The molecule has 0 unspecified atom stereocenters. The first kappa shape index (κ1) is 9.46. The second-order valence-corrected chi connectivity index (χ2v) is 3.52. The highest BCUT2D eigenvalue weighted by Crippen LogP contribution is 2.37. The Kier molecular flexibility index (Phi) is 2.42. The van der Waals surface area contributed by atoms with Gasteiger partial charge in [0.15, 0.2) is 0 Å². The van der Waals surface area contributed by atoms with Crippen molar-refractivity contribution < 1.29 is 9.13 Å². The monoisotopic (exact) mass is 195 g/mol. The number of benzene rings is 1. The van der Waals surface area contributed by atoms with Crippen LogP contribution in [-0.4, -0.2) is 6.61 Å². The van der Waals surface area contributed by atoms with Crippen LogP contribution >= 0.6 is 0 Å². The van der Waals surface area contributed by atoms with Gasteiger partial charge in [-0.1, -0.05) is 0 Å². The van der Waals surface area contributed by atoms with E-state index in [2.05, 4.69) is 0 Å². The first-order chi connectivity index (χ1) is 6.74. The number of halogens is 1. The molecule has 1 aliphatic carbocycles. The zero-order valence-corrected chi connectivity index (χ0v) is 8.22. The summed E-state index contributed by atoms with van der Waals surface area (Å²) in [6, 6.07) is 2.97. The minimum Gasteiger partial charge on any atom is -0.494 e. The average Bonchev–Trinajstić information content (AvgIpc) is 2.54. The van der Waals surface area contributed by atoms with E-state index in [0.717, 1.165) is 24.2 Å². The fourth-order valence-electron chi connectivity index (χ4n) is 2.01. The van der Waals surface area contributed by atoms with Crippen LogP contribution in [0.5, 0.6) is 5.75 Å². The molecule has 0 radical (unpaired) electrons. The Labute approximate surface area is 82.9 Å². The topological polar surface area (TPSA) is 35.2 Å². The number of ether oxygens (including phenoxy) is 1. The minimum absolute atomic E-state index is 0.162. The molecule has 1 aromatic rings. The largest absolute Gasteiger partial charge is 0.494 e. The Morgan fingerprint density at radius 3 is 3.07 bits per heavy atom. The van der Waals surface area contributed by atoms with Crippen LogP contribution in [0, 0.1) is 5.82 Å². The first-order valence-electron chi connectivity index (χ1n) is 4.93. The molecule has 0 heterocycles. The van der Waals surface area contributed by atoms with Gasteiger partial charge in [-0.15, -0.1) is 0 Å². The highest BCUT2D eigenvalue weighted by molar-refractivity contribution is 5.45. The van der Waals surface area contributed by atoms with Crippen LogP contribution in [0.2, 0.25) is 0 Å². The number of hydrogen-bond acceptors (Lipinski definition) is 2. The van der Waals surface area contributed by atoms with Gasteiger partial charge in [-0.25, -0.2) is 4.39 Å². The zero-order valence-electron chi connectivity index (χ0n) is 8.22. The van der Waals surface area contributed by atoms with E-state index in [1.54, 1.807) is 6.07 Å². The Morgan fingerprint density at radius 2 is 2.36 bits per heavy atom. The summed E-state index contributed by atoms with van der Waals surface area (Å²) < 4.78 is 18.9. The van der Waals surface area contributed by atoms with Crippen molar-refractivity contribution in [3.63, 3.8) is 0 Å². The third-order valence-electron chi connectivity index (χ3n) is 2.64. The lowest BCUT2D eigenvalue weighted by atomic mass is 10.1. The van der Waals surface area contributed by atoms with Crippen molar-refractivity contribution in [1.29, 1.82) is 0 Å². The van der Waals surface area contributed by atoms with E-state index in [1.807, 2.05) is 6.92 Å². The SMILES string of the molecule is CCOc1ccc(F)c2c1CC[C@@H]2N. The van der Waals surface area contributed by atoms with Gasteiger partial charge in [0, 0.05) is 17.2 Å². The minimum atomic E-state index is -0.201. The maximum absolute atomic E-state index is 13.4. The molecule has 1 atom stereocenters. The van der Waals surface area contributed by atoms with E-state index in [-0.39, 0.29) is 11.9 Å². The number of rotatable bonds is 2. The summed E-state index contributed by atoms with van der Waals surface area (Å²) in [4.78, 5) is 0. The smallest absolute Gasteiger partial charge is 0.128 e. The molecular weight excluding hydrogens is 181 g/mol. The van der Waals surface area contributed by atoms with E-state index >= 15 is 0 Å². The predicted molar refractivity (Wildman–Crippen MR) is 52.8 cm³/mol. The maximum atomic E-state index is 13.4. The van der Waals surface area contributed by atoms with Crippen molar-refractivity contribution in [2.75, 3.05) is 6.61 Å². The maximum Gasteiger partial charge on any atom is 0.128 e. The lowest BCUT2D eigenvalue weighted by Gasteiger charge is -2.11. The summed E-state index contributed by atoms with van der Waals surface area (Å²) in [6.45, 7) is 2.53. The van der Waals surface area contributed by atoms with Gasteiger partial charge >= 0.3 is 0 Å². The highest BCUT2D eigenvalue weighted by Gasteiger charge is 2.25. The zero-order chi connectivity index (χ0) is 10.1. The molecule has 0 bridgehead atoms. The van der Waals surface area contributed by atoms with Crippen LogP contribution in [0.15, 0.2) is 12.1 Å².